The normalized spacial score (nSPS) is 14.1. The van der Waals surface area contributed by atoms with E-state index in [1.165, 1.54) is 17.5 Å². The van der Waals surface area contributed by atoms with E-state index >= 15 is 0 Å². The summed E-state index contributed by atoms with van der Waals surface area (Å²) in [7, 11) is 0. The molecule has 0 saturated heterocycles. The van der Waals surface area contributed by atoms with E-state index in [0.717, 1.165) is 28.8 Å². The van der Waals surface area contributed by atoms with Gasteiger partial charge in [0.15, 0.2) is 5.82 Å². The number of hydrogen-bond donors (Lipinski definition) is 1. The number of nitrogens with zero attached hydrogens (tertiary/aromatic N) is 5. The molecule has 9 heteroatoms. The molecule has 3 aromatic heterocycles. The second-order valence-electron chi connectivity index (χ2n) is 5.21. The number of rotatable bonds is 4. The number of halogens is 1. The Morgan fingerprint density at radius 1 is 1.43 bits per heavy atom. The minimum absolute atomic E-state index is 0.198. The van der Waals surface area contributed by atoms with Crippen LogP contribution in [-0.2, 0) is 0 Å². The smallest absolute Gasteiger partial charge is 0.268 e. The zero-order valence-corrected chi connectivity index (χ0v) is 14.2. The molecule has 0 unspecified atom stereocenters. The van der Waals surface area contributed by atoms with Gasteiger partial charge in [-0.2, -0.15) is 0 Å². The first-order valence-corrected chi connectivity index (χ1v) is 8.62. The van der Waals surface area contributed by atoms with E-state index in [0.29, 0.717) is 16.6 Å². The average Bonchev–Trinajstić information content (AvgIpc) is 3.07. The van der Waals surface area contributed by atoms with Crippen LogP contribution in [0, 0.1) is 0 Å². The second kappa shape index (κ2) is 5.50. The highest BCUT2D eigenvalue weighted by Crippen LogP contribution is 2.39. The SMILES string of the molecule is NC(=O)c1nccc(Br)c1-c1nc(-c2nncn2C2CC2)cs1. The minimum atomic E-state index is -0.584. The fourth-order valence-electron chi connectivity index (χ4n) is 2.37. The number of hydrogen-bond acceptors (Lipinski definition) is 6. The van der Waals surface area contributed by atoms with Crippen LogP contribution in [0.5, 0.6) is 0 Å². The molecule has 3 aromatic rings. The van der Waals surface area contributed by atoms with E-state index in [1.807, 2.05) is 9.95 Å². The van der Waals surface area contributed by atoms with Gasteiger partial charge in [0.1, 0.15) is 22.7 Å². The van der Waals surface area contributed by atoms with Crippen LogP contribution >= 0.6 is 27.3 Å². The van der Waals surface area contributed by atoms with Gasteiger partial charge in [-0.3, -0.25) is 9.78 Å². The first-order chi connectivity index (χ1) is 11.1. The highest BCUT2D eigenvalue weighted by atomic mass is 79.9. The third kappa shape index (κ3) is 2.55. The first-order valence-electron chi connectivity index (χ1n) is 6.95. The standard InChI is InChI=1S/C14H11BrN6OS/c15-8-3-4-17-11(12(16)22)10(8)14-19-9(5-23-14)13-20-18-6-21(13)7-1-2-7/h3-7H,1-2H2,(H2,16,22). The molecule has 1 amide bonds. The molecule has 1 fully saturated rings. The molecule has 23 heavy (non-hydrogen) atoms. The summed E-state index contributed by atoms with van der Waals surface area (Å²) in [5, 5.41) is 10.7. The summed E-state index contributed by atoms with van der Waals surface area (Å²) in [6, 6.07) is 2.23. The Hall–Kier alpha value is -2.13. The summed E-state index contributed by atoms with van der Waals surface area (Å²) < 4.78 is 2.78. The summed E-state index contributed by atoms with van der Waals surface area (Å²) in [5.74, 6) is 0.162. The van der Waals surface area contributed by atoms with Gasteiger partial charge in [-0.25, -0.2) is 4.98 Å². The molecule has 0 atom stereocenters. The number of carbonyl (C=O) groups excluding carboxylic acids is 1. The Balaban J connectivity index is 1.80. The van der Waals surface area contributed by atoms with Crippen molar-refractivity contribution in [2.24, 2.45) is 5.73 Å². The number of primary amides is 1. The summed E-state index contributed by atoms with van der Waals surface area (Å²) in [4.78, 5) is 20.3. The van der Waals surface area contributed by atoms with E-state index in [-0.39, 0.29) is 5.69 Å². The van der Waals surface area contributed by atoms with Gasteiger partial charge < -0.3 is 10.3 Å². The Kier molecular flexibility index (Phi) is 3.46. The number of carbonyl (C=O) groups is 1. The molecule has 0 bridgehead atoms. The van der Waals surface area contributed by atoms with Gasteiger partial charge in [0.05, 0.1) is 5.56 Å². The molecule has 3 heterocycles. The van der Waals surface area contributed by atoms with Crippen LogP contribution in [0.4, 0.5) is 0 Å². The molecular weight excluding hydrogens is 380 g/mol. The van der Waals surface area contributed by atoms with E-state index in [1.54, 1.807) is 12.4 Å². The Morgan fingerprint density at radius 3 is 3.00 bits per heavy atom. The fraction of sp³-hybridized carbons (Fsp3) is 0.214. The fourth-order valence-corrected chi connectivity index (χ4v) is 3.85. The van der Waals surface area contributed by atoms with Crippen molar-refractivity contribution < 1.29 is 4.79 Å². The van der Waals surface area contributed by atoms with E-state index in [9.17, 15) is 4.79 Å². The number of pyridine rings is 1. The third-order valence-electron chi connectivity index (χ3n) is 3.59. The van der Waals surface area contributed by atoms with Crippen molar-refractivity contribution in [3.05, 3.63) is 34.1 Å². The lowest BCUT2D eigenvalue weighted by molar-refractivity contribution is 0.0996. The molecule has 1 aliphatic rings. The van der Waals surface area contributed by atoms with Crippen LogP contribution in [0.15, 0.2) is 28.4 Å². The maximum atomic E-state index is 11.6. The van der Waals surface area contributed by atoms with E-state index < -0.39 is 5.91 Å². The van der Waals surface area contributed by atoms with Crippen LogP contribution in [0.1, 0.15) is 29.4 Å². The van der Waals surface area contributed by atoms with Gasteiger partial charge in [0.2, 0.25) is 0 Å². The third-order valence-corrected chi connectivity index (χ3v) is 5.11. The Bertz CT molecular complexity index is 900. The number of thiazole rings is 1. The Morgan fingerprint density at radius 2 is 2.26 bits per heavy atom. The number of amides is 1. The van der Waals surface area contributed by atoms with E-state index in [2.05, 4.69) is 36.1 Å². The summed E-state index contributed by atoms with van der Waals surface area (Å²) >= 11 is 4.86. The van der Waals surface area contributed by atoms with Crippen LogP contribution in [-0.4, -0.2) is 30.6 Å². The van der Waals surface area contributed by atoms with Crippen LogP contribution in [0.25, 0.3) is 22.1 Å². The molecule has 4 rings (SSSR count). The summed E-state index contributed by atoms with van der Waals surface area (Å²) in [5.41, 5.74) is 6.96. The minimum Gasteiger partial charge on any atom is -0.364 e. The van der Waals surface area contributed by atoms with Crippen LogP contribution in [0.2, 0.25) is 0 Å². The lowest BCUT2D eigenvalue weighted by Crippen LogP contribution is -2.14. The topological polar surface area (TPSA) is 99.6 Å². The molecule has 0 aliphatic heterocycles. The van der Waals surface area contributed by atoms with Gasteiger partial charge in [-0.15, -0.1) is 21.5 Å². The monoisotopic (exact) mass is 390 g/mol. The van der Waals surface area contributed by atoms with Gasteiger partial charge in [-0.1, -0.05) is 0 Å². The zero-order valence-electron chi connectivity index (χ0n) is 11.8. The molecule has 1 saturated carbocycles. The highest BCUT2D eigenvalue weighted by molar-refractivity contribution is 9.10. The lowest BCUT2D eigenvalue weighted by atomic mass is 10.2. The molecule has 7 nitrogen and oxygen atoms in total. The van der Waals surface area contributed by atoms with Gasteiger partial charge in [0.25, 0.3) is 5.91 Å². The summed E-state index contributed by atoms with van der Waals surface area (Å²) in [6.45, 7) is 0. The predicted octanol–water partition coefficient (Wildman–Crippen LogP) is 2.66. The number of nitrogens with two attached hydrogens (primary N) is 1. The highest BCUT2D eigenvalue weighted by Gasteiger charge is 2.28. The van der Waals surface area contributed by atoms with Crippen LogP contribution < -0.4 is 5.73 Å². The van der Waals surface area contributed by atoms with Crippen LogP contribution in [0.3, 0.4) is 0 Å². The van der Waals surface area contributed by atoms with Gasteiger partial charge in [-0.05, 0) is 34.8 Å². The van der Waals surface area contributed by atoms with Crippen molar-refractivity contribution in [3.63, 3.8) is 0 Å². The molecule has 0 radical (unpaired) electrons. The van der Waals surface area contributed by atoms with Crippen molar-refractivity contribution >= 4 is 33.2 Å². The van der Waals surface area contributed by atoms with Crippen molar-refractivity contribution in [2.45, 2.75) is 18.9 Å². The molecule has 116 valence electrons. The maximum Gasteiger partial charge on any atom is 0.268 e. The maximum absolute atomic E-state index is 11.6. The Labute approximate surface area is 143 Å². The van der Waals surface area contributed by atoms with E-state index in [4.69, 9.17) is 5.73 Å². The second-order valence-corrected chi connectivity index (χ2v) is 6.92. The molecule has 2 N–H and O–H groups in total. The largest absolute Gasteiger partial charge is 0.364 e. The zero-order chi connectivity index (χ0) is 16.0. The average molecular weight is 391 g/mol. The van der Waals surface area contributed by atoms with Crippen molar-refractivity contribution in [1.82, 2.24) is 24.7 Å². The molecule has 1 aliphatic carbocycles. The van der Waals surface area contributed by atoms with Crippen molar-refractivity contribution in [3.8, 4) is 22.1 Å². The lowest BCUT2D eigenvalue weighted by Gasteiger charge is -2.05. The van der Waals surface area contributed by atoms with Gasteiger partial charge in [0, 0.05) is 22.1 Å². The predicted molar refractivity (Wildman–Crippen MR) is 88.8 cm³/mol. The quantitative estimate of drug-likeness (QED) is 0.737. The molecule has 0 spiro atoms. The summed E-state index contributed by atoms with van der Waals surface area (Å²) in [6.07, 6.45) is 5.55. The number of aromatic nitrogens is 5. The van der Waals surface area contributed by atoms with Gasteiger partial charge >= 0.3 is 0 Å². The molecule has 0 aromatic carbocycles. The first kappa shape index (κ1) is 14.5. The van der Waals surface area contributed by atoms with Crippen molar-refractivity contribution in [1.29, 1.82) is 0 Å². The molecular formula is C14H11BrN6OS. The van der Waals surface area contributed by atoms with Crippen molar-refractivity contribution in [2.75, 3.05) is 0 Å².